The fourth-order valence-electron chi connectivity index (χ4n) is 2.36. The van der Waals surface area contributed by atoms with Crippen molar-refractivity contribution in [2.75, 3.05) is 18.6 Å². The van der Waals surface area contributed by atoms with E-state index in [0.717, 1.165) is 5.56 Å². The van der Waals surface area contributed by atoms with Crippen molar-refractivity contribution >= 4 is 29.4 Å². The molecule has 0 spiro atoms. The number of benzene rings is 1. The first-order valence-corrected chi connectivity index (χ1v) is 9.47. The van der Waals surface area contributed by atoms with Crippen molar-refractivity contribution in [1.29, 1.82) is 0 Å². The molecule has 0 atom stereocenters. The first kappa shape index (κ1) is 16.2. The number of carbonyl (C=O) groups is 1. The van der Waals surface area contributed by atoms with Crippen LogP contribution in [-0.2, 0) is 6.54 Å². The Morgan fingerprint density at radius 3 is 2.70 bits per heavy atom. The van der Waals surface area contributed by atoms with Crippen molar-refractivity contribution in [2.24, 2.45) is 0 Å². The predicted octanol–water partition coefficient (Wildman–Crippen LogP) is 3.50. The molecular formula is C17H18N2O2S2. The summed E-state index contributed by atoms with van der Waals surface area (Å²) in [6.45, 7) is 0.395. The van der Waals surface area contributed by atoms with E-state index in [0.29, 0.717) is 22.6 Å². The topological polar surface area (TPSA) is 51.2 Å². The van der Waals surface area contributed by atoms with Crippen LogP contribution < -0.4 is 10.1 Å². The van der Waals surface area contributed by atoms with E-state index in [9.17, 15) is 4.79 Å². The first-order valence-electron chi connectivity index (χ1n) is 7.37. The summed E-state index contributed by atoms with van der Waals surface area (Å²) in [6.07, 6.45) is 1.67. The number of amides is 1. The van der Waals surface area contributed by atoms with Crippen LogP contribution in [0.4, 0.5) is 0 Å². The number of methoxy groups -OCH3 is 1. The Labute approximate surface area is 144 Å². The van der Waals surface area contributed by atoms with E-state index in [1.807, 2.05) is 47.8 Å². The number of nitrogens with zero attached hydrogens (tertiary/aromatic N) is 1. The van der Waals surface area contributed by atoms with E-state index in [1.54, 1.807) is 13.3 Å². The van der Waals surface area contributed by atoms with Gasteiger partial charge in [-0.3, -0.25) is 4.79 Å². The van der Waals surface area contributed by atoms with Gasteiger partial charge in [0.2, 0.25) is 5.88 Å². The monoisotopic (exact) mass is 346 g/mol. The van der Waals surface area contributed by atoms with Crippen LogP contribution in [0.5, 0.6) is 5.88 Å². The SMILES string of the molecule is COc1ncccc1CNC(=O)c1ccc(C2SCCS2)cc1. The van der Waals surface area contributed by atoms with Gasteiger partial charge in [0.15, 0.2) is 0 Å². The van der Waals surface area contributed by atoms with Gasteiger partial charge in [-0.15, -0.1) is 23.5 Å². The van der Waals surface area contributed by atoms with Gasteiger partial charge in [0, 0.05) is 35.4 Å². The van der Waals surface area contributed by atoms with Gasteiger partial charge in [0.05, 0.1) is 11.7 Å². The summed E-state index contributed by atoms with van der Waals surface area (Å²) in [7, 11) is 1.57. The average Bonchev–Trinajstić information content (AvgIpc) is 3.14. The van der Waals surface area contributed by atoms with E-state index in [2.05, 4.69) is 22.4 Å². The third kappa shape index (κ3) is 4.00. The summed E-state index contributed by atoms with van der Waals surface area (Å²) in [5.74, 6) is 2.85. The van der Waals surface area contributed by atoms with E-state index in [-0.39, 0.29) is 5.91 Å². The van der Waals surface area contributed by atoms with Crippen molar-refractivity contribution in [3.63, 3.8) is 0 Å². The molecule has 0 aliphatic carbocycles. The van der Waals surface area contributed by atoms with Crippen molar-refractivity contribution in [3.8, 4) is 5.88 Å². The molecule has 0 bridgehead atoms. The second kappa shape index (κ2) is 7.75. The number of thioether (sulfide) groups is 2. The van der Waals surface area contributed by atoms with Crippen LogP contribution in [-0.4, -0.2) is 29.5 Å². The molecule has 1 fully saturated rings. The van der Waals surface area contributed by atoms with Crippen LogP contribution in [0.3, 0.4) is 0 Å². The minimum Gasteiger partial charge on any atom is -0.481 e. The van der Waals surface area contributed by atoms with Crippen LogP contribution in [0.25, 0.3) is 0 Å². The molecule has 1 aliphatic heterocycles. The summed E-state index contributed by atoms with van der Waals surface area (Å²) in [5, 5.41) is 2.91. The van der Waals surface area contributed by atoms with Gasteiger partial charge in [-0.2, -0.15) is 0 Å². The van der Waals surface area contributed by atoms with Crippen LogP contribution in [0.15, 0.2) is 42.6 Å². The van der Waals surface area contributed by atoms with Crippen LogP contribution in [0.1, 0.15) is 26.1 Å². The average molecular weight is 346 g/mol. The normalized spacial score (nSPS) is 14.7. The molecule has 0 radical (unpaired) electrons. The lowest BCUT2D eigenvalue weighted by atomic mass is 10.1. The van der Waals surface area contributed by atoms with Crippen molar-refractivity contribution in [3.05, 3.63) is 59.3 Å². The van der Waals surface area contributed by atoms with Gasteiger partial charge in [-0.05, 0) is 23.8 Å². The molecule has 1 amide bonds. The molecule has 0 unspecified atom stereocenters. The third-order valence-electron chi connectivity index (χ3n) is 3.55. The second-order valence-electron chi connectivity index (χ2n) is 5.05. The zero-order valence-electron chi connectivity index (χ0n) is 12.8. The van der Waals surface area contributed by atoms with Crippen molar-refractivity contribution in [2.45, 2.75) is 11.1 Å². The summed E-state index contributed by atoms with van der Waals surface area (Å²) < 4.78 is 5.70. The molecule has 3 rings (SSSR count). The number of hydrogen-bond donors (Lipinski definition) is 1. The largest absolute Gasteiger partial charge is 0.481 e. The molecule has 6 heteroatoms. The maximum Gasteiger partial charge on any atom is 0.251 e. The number of ether oxygens (including phenoxy) is 1. The van der Waals surface area contributed by atoms with Crippen LogP contribution in [0, 0.1) is 0 Å². The minimum absolute atomic E-state index is 0.0887. The van der Waals surface area contributed by atoms with Gasteiger partial charge < -0.3 is 10.1 Å². The van der Waals surface area contributed by atoms with Crippen molar-refractivity contribution < 1.29 is 9.53 Å². The summed E-state index contributed by atoms with van der Waals surface area (Å²) in [4.78, 5) is 16.4. The molecule has 0 saturated carbocycles. The molecule has 1 N–H and O–H groups in total. The maximum atomic E-state index is 12.3. The lowest BCUT2D eigenvalue weighted by Gasteiger charge is -2.10. The number of pyridine rings is 1. The smallest absolute Gasteiger partial charge is 0.251 e. The number of hydrogen-bond acceptors (Lipinski definition) is 5. The van der Waals surface area contributed by atoms with Crippen LogP contribution >= 0.6 is 23.5 Å². The molecule has 2 aromatic rings. The minimum atomic E-state index is -0.0887. The molecule has 4 nitrogen and oxygen atoms in total. The van der Waals surface area contributed by atoms with Gasteiger partial charge in [-0.1, -0.05) is 18.2 Å². The number of aromatic nitrogens is 1. The lowest BCUT2D eigenvalue weighted by molar-refractivity contribution is 0.0950. The summed E-state index contributed by atoms with van der Waals surface area (Å²) in [5.41, 5.74) is 2.81. The zero-order chi connectivity index (χ0) is 16.1. The Morgan fingerprint density at radius 2 is 2.00 bits per heavy atom. The molecule has 1 aromatic heterocycles. The Balaban J connectivity index is 1.61. The zero-order valence-corrected chi connectivity index (χ0v) is 14.5. The quantitative estimate of drug-likeness (QED) is 0.898. The molecule has 2 heterocycles. The Hall–Kier alpha value is -1.66. The molecule has 23 heavy (non-hydrogen) atoms. The molecule has 1 aromatic carbocycles. The van der Waals surface area contributed by atoms with E-state index < -0.39 is 0 Å². The maximum absolute atomic E-state index is 12.3. The van der Waals surface area contributed by atoms with Gasteiger partial charge in [-0.25, -0.2) is 4.98 Å². The standard InChI is InChI=1S/C17H18N2O2S2/c1-21-16-14(3-2-8-18-16)11-19-15(20)12-4-6-13(7-5-12)17-22-9-10-23-17/h2-8,17H,9-11H2,1H3,(H,19,20). The Morgan fingerprint density at radius 1 is 1.26 bits per heavy atom. The fraction of sp³-hybridized carbons (Fsp3) is 0.294. The van der Waals surface area contributed by atoms with Gasteiger partial charge >= 0.3 is 0 Å². The third-order valence-corrected chi connectivity index (χ3v) is 6.65. The molecule has 1 saturated heterocycles. The van der Waals surface area contributed by atoms with E-state index >= 15 is 0 Å². The highest BCUT2D eigenvalue weighted by Gasteiger charge is 2.18. The Bertz CT molecular complexity index is 671. The second-order valence-corrected chi connectivity index (χ2v) is 7.77. The fourth-order valence-corrected chi connectivity index (χ4v) is 5.22. The lowest BCUT2D eigenvalue weighted by Crippen LogP contribution is -2.23. The predicted molar refractivity (Wildman–Crippen MR) is 96.1 cm³/mol. The number of rotatable bonds is 5. The number of carbonyl (C=O) groups excluding carboxylic acids is 1. The highest BCUT2D eigenvalue weighted by Crippen LogP contribution is 2.45. The highest BCUT2D eigenvalue weighted by molar-refractivity contribution is 8.19. The molecule has 1 aliphatic rings. The first-order chi connectivity index (χ1) is 11.3. The Kier molecular flexibility index (Phi) is 5.46. The summed E-state index contributed by atoms with van der Waals surface area (Å²) in [6, 6.07) is 11.6. The number of nitrogens with one attached hydrogen (secondary N) is 1. The summed E-state index contributed by atoms with van der Waals surface area (Å²) >= 11 is 3.93. The van der Waals surface area contributed by atoms with Crippen LogP contribution in [0.2, 0.25) is 0 Å². The van der Waals surface area contributed by atoms with E-state index in [4.69, 9.17) is 4.74 Å². The highest BCUT2D eigenvalue weighted by atomic mass is 32.2. The van der Waals surface area contributed by atoms with Gasteiger partial charge in [0.25, 0.3) is 5.91 Å². The molecule has 120 valence electrons. The van der Waals surface area contributed by atoms with Gasteiger partial charge in [0.1, 0.15) is 0 Å². The molecular weight excluding hydrogens is 328 g/mol. The van der Waals surface area contributed by atoms with E-state index in [1.165, 1.54) is 17.1 Å². The van der Waals surface area contributed by atoms with Crippen molar-refractivity contribution in [1.82, 2.24) is 10.3 Å².